The summed E-state index contributed by atoms with van der Waals surface area (Å²) in [6.45, 7) is 9.82. The fourth-order valence-electron chi connectivity index (χ4n) is 4.52. The maximum atomic E-state index is 13.7. The molecular weight excluding hydrogens is 482 g/mol. The molecule has 0 unspecified atom stereocenters. The summed E-state index contributed by atoms with van der Waals surface area (Å²) in [6.07, 6.45) is 1.64. The summed E-state index contributed by atoms with van der Waals surface area (Å²) in [4.78, 5) is 31.8. The summed E-state index contributed by atoms with van der Waals surface area (Å²) >= 11 is 1.73. The largest absolute Gasteiger partial charge is 0.491 e. The molecule has 7 heteroatoms. The molecule has 1 atom stereocenters. The Morgan fingerprint density at radius 2 is 1.86 bits per heavy atom. The highest BCUT2D eigenvalue weighted by Gasteiger charge is 2.33. The van der Waals surface area contributed by atoms with Gasteiger partial charge in [0.15, 0.2) is 0 Å². The van der Waals surface area contributed by atoms with Gasteiger partial charge in [-0.2, -0.15) is 0 Å². The first kappa shape index (κ1) is 26.7. The van der Waals surface area contributed by atoms with Crippen LogP contribution < -0.4 is 10.1 Å². The molecule has 196 valence electrons. The third-order valence-corrected chi connectivity index (χ3v) is 7.79. The summed E-state index contributed by atoms with van der Waals surface area (Å²) < 4.78 is 6.22. The van der Waals surface area contributed by atoms with Crippen molar-refractivity contribution in [3.63, 3.8) is 0 Å². The Morgan fingerprint density at radius 1 is 1.11 bits per heavy atom. The van der Waals surface area contributed by atoms with Crippen LogP contribution in [0, 0.1) is 19.8 Å². The van der Waals surface area contributed by atoms with Gasteiger partial charge in [-0.15, -0.1) is 11.3 Å². The zero-order valence-corrected chi connectivity index (χ0v) is 23.0. The number of rotatable bonds is 9. The van der Waals surface area contributed by atoms with E-state index in [9.17, 15) is 9.59 Å². The van der Waals surface area contributed by atoms with Gasteiger partial charge in [0.05, 0.1) is 6.04 Å². The molecule has 2 aromatic carbocycles. The van der Waals surface area contributed by atoms with Gasteiger partial charge in [-0.25, -0.2) is 4.79 Å². The number of amides is 3. The van der Waals surface area contributed by atoms with Gasteiger partial charge in [-0.1, -0.05) is 49.7 Å². The number of benzene rings is 2. The second-order valence-corrected chi connectivity index (χ2v) is 11.1. The molecule has 0 bridgehead atoms. The summed E-state index contributed by atoms with van der Waals surface area (Å²) in [5, 5.41) is 5.06. The minimum Gasteiger partial charge on any atom is -0.491 e. The van der Waals surface area contributed by atoms with E-state index in [1.54, 1.807) is 16.2 Å². The molecule has 1 aromatic heterocycles. The molecule has 0 spiro atoms. The molecule has 0 aliphatic carbocycles. The maximum Gasteiger partial charge on any atom is 0.322 e. The number of nitrogens with one attached hydrogen (secondary N) is 1. The number of urea groups is 1. The van der Waals surface area contributed by atoms with Gasteiger partial charge >= 0.3 is 6.03 Å². The number of thiophene rings is 1. The van der Waals surface area contributed by atoms with Gasteiger partial charge < -0.3 is 19.9 Å². The van der Waals surface area contributed by atoms with E-state index in [1.807, 2.05) is 67.3 Å². The summed E-state index contributed by atoms with van der Waals surface area (Å²) in [7, 11) is 0. The molecule has 0 saturated carbocycles. The van der Waals surface area contributed by atoms with Gasteiger partial charge in [-0.3, -0.25) is 4.79 Å². The molecule has 37 heavy (non-hydrogen) atoms. The van der Waals surface area contributed by atoms with Crippen LogP contribution in [0.15, 0.2) is 60.0 Å². The van der Waals surface area contributed by atoms with E-state index in [0.717, 1.165) is 41.0 Å². The Labute approximate surface area is 224 Å². The Hall–Kier alpha value is -3.32. The number of ether oxygens (including phenoxy) is 1. The number of para-hydroxylation sites is 1. The summed E-state index contributed by atoms with van der Waals surface area (Å²) in [6, 6.07) is 17.3. The lowest BCUT2D eigenvalue weighted by molar-refractivity contribution is -0.135. The molecule has 4 rings (SSSR count). The monoisotopic (exact) mass is 519 g/mol. The Bertz CT molecular complexity index is 1200. The van der Waals surface area contributed by atoms with Crippen LogP contribution in [0.5, 0.6) is 5.75 Å². The molecular formula is C30H37N3O3S. The lowest BCUT2D eigenvalue weighted by Crippen LogP contribution is -2.49. The number of aryl methyl sites for hydroxylation is 2. The number of hydrogen-bond donors (Lipinski definition) is 1. The highest BCUT2D eigenvalue weighted by atomic mass is 32.1. The van der Waals surface area contributed by atoms with Crippen LogP contribution in [-0.2, 0) is 11.2 Å². The zero-order chi connectivity index (χ0) is 26.4. The molecule has 0 radical (unpaired) electrons. The van der Waals surface area contributed by atoms with Crippen LogP contribution in [0.25, 0.3) is 0 Å². The van der Waals surface area contributed by atoms with E-state index < -0.39 is 0 Å². The normalized spacial score (nSPS) is 14.8. The first-order valence-electron chi connectivity index (χ1n) is 13.0. The predicted molar refractivity (Wildman–Crippen MR) is 150 cm³/mol. The van der Waals surface area contributed by atoms with Crippen LogP contribution >= 0.6 is 11.3 Å². The van der Waals surface area contributed by atoms with Crippen molar-refractivity contribution in [2.45, 2.75) is 46.6 Å². The number of anilines is 1. The van der Waals surface area contributed by atoms with Crippen LogP contribution in [-0.4, -0.2) is 48.0 Å². The fourth-order valence-corrected chi connectivity index (χ4v) is 5.45. The number of nitrogens with zero attached hydrogens (tertiary/aromatic N) is 2. The van der Waals surface area contributed by atoms with Crippen molar-refractivity contribution in [1.29, 1.82) is 0 Å². The smallest absolute Gasteiger partial charge is 0.322 e. The average Bonchev–Trinajstić information content (AvgIpc) is 3.36. The maximum absolute atomic E-state index is 13.7. The second kappa shape index (κ2) is 12.3. The second-order valence-electron chi connectivity index (χ2n) is 10.1. The SMILES string of the molecule is Cc1ccc(NC(=O)N(CCC(C)C)CC(=O)N2CCc3sccc3[C@H]2COc2ccccc2C)cc1. The molecule has 3 aromatic rings. The van der Waals surface area contributed by atoms with Crippen molar-refractivity contribution >= 4 is 29.0 Å². The number of carbonyl (C=O) groups excluding carboxylic acids is 2. The van der Waals surface area contributed by atoms with E-state index in [1.165, 1.54) is 4.88 Å². The first-order valence-corrected chi connectivity index (χ1v) is 13.9. The van der Waals surface area contributed by atoms with Crippen LogP contribution in [0.4, 0.5) is 10.5 Å². The average molecular weight is 520 g/mol. The Kier molecular flexibility index (Phi) is 8.87. The van der Waals surface area contributed by atoms with E-state index in [-0.39, 0.29) is 24.5 Å². The van der Waals surface area contributed by atoms with Crippen molar-refractivity contribution < 1.29 is 14.3 Å². The molecule has 0 fully saturated rings. The molecule has 2 heterocycles. The molecule has 1 aliphatic rings. The van der Waals surface area contributed by atoms with Gasteiger partial charge in [0, 0.05) is 23.7 Å². The quantitative estimate of drug-likeness (QED) is 0.353. The van der Waals surface area contributed by atoms with Crippen molar-refractivity contribution in [3.05, 3.63) is 81.5 Å². The standard InChI is InChI=1S/C30H37N3O3S/c1-21(2)13-16-32(30(35)31-24-11-9-22(3)10-12-24)19-29(34)33-17-14-28-25(15-18-37-28)26(33)20-36-27-8-6-5-7-23(27)4/h5-12,15,18,21,26H,13-14,16-17,19-20H2,1-4H3,(H,31,35)/t26-/m1/s1. The zero-order valence-electron chi connectivity index (χ0n) is 22.2. The number of carbonyl (C=O) groups is 2. The predicted octanol–water partition coefficient (Wildman–Crippen LogP) is 6.45. The number of hydrogen-bond acceptors (Lipinski definition) is 4. The summed E-state index contributed by atoms with van der Waals surface area (Å²) in [5.41, 5.74) is 4.06. The van der Waals surface area contributed by atoms with E-state index in [4.69, 9.17) is 4.74 Å². The highest BCUT2D eigenvalue weighted by molar-refractivity contribution is 7.10. The van der Waals surface area contributed by atoms with Crippen molar-refractivity contribution in [3.8, 4) is 5.75 Å². The lowest BCUT2D eigenvalue weighted by Gasteiger charge is -2.37. The molecule has 1 aliphatic heterocycles. The summed E-state index contributed by atoms with van der Waals surface area (Å²) in [5.74, 6) is 1.19. The van der Waals surface area contributed by atoms with Gasteiger partial charge in [0.25, 0.3) is 0 Å². The van der Waals surface area contributed by atoms with Gasteiger partial charge in [0.1, 0.15) is 18.9 Å². The third-order valence-electron chi connectivity index (χ3n) is 6.80. The molecule has 1 N–H and O–H groups in total. The van der Waals surface area contributed by atoms with Crippen LogP contribution in [0.1, 0.15) is 47.9 Å². The fraction of sp³-hybridized carbons (Fsp3) is 0.400. The van der Waals surface area contributed by atoms with E-state index in [2.05, 4.69) is 30.6 Å². The minimum absolute atomic E-state index is 0.0325. The number of fused-ring (bicyclic) bond motifs is 1. The topological polar surface area (TPSA) is 61.9 Å². The van der Waals surface area contributed by atoms with E-state index >= 15 is 0 Å². The van der Waals surface area contributed by atoms with Crippen LogP contribution in [0.3, 0.4) is 0 Å². The van der Waals surface area contributed by atoms with E-state index in [0.29, 0.717) is 25.6 Å². The van der Waals surface area contributed by atoms with Crippen LogP contribution in [0.2, 0.25) is 0 Å². The Morgan fingerprint density at radius 3 is 2.59 bits per heavy atom. The molecule has 0 saturated heterocycles. The minimum atomic E-state index is -0.251. The van der Waals surface area contributed by atoms with Gasteiger partial charge in [0.2, 0.25) is 5.91 Å². The lowest BCUT2D eigenvalue weighted by atomic mass is 10.00. The van der Waals surface area contributed by atoms with Crippen molar-refractivity contribution in [2.75, 3.05) is 31.6 Å². The van der Waals surface area contributed by atoms with Gasteiger partial charge in [-0.05, 0) is 73.4 Å². The van der Waals surface area contributed by atoms with Crippen molar-refractivity contribution in [2.24, 2.45) is 5.92 Å². The van der Waals surface area contributed by atoms with Crippen molar-refractivity contribution in [1.82, 2.24) is 9.80 Å². The molecule has 6 nitrogen and oxygen atoms in total. The highest BCUT2D eigenvalue weighted by Crippen LogP contribution is 2.34. The molecule has 3 amide bonds. The third kappa shape index (κ3) is 6.92. The first-order chi connectivity index (χ1) is 17.8. The Balaban J connectivity index is 1.50.